The number of carbonyl (C=O) groups is 3. The molecule has 0 bridgehead atoms. The van der Waals surface area contributed by atoms with Crippen molar-refractivity contribution < 1.29 is 28.6 Å². The first-order valence-electron chi connectivity index (χ1n) is 30.1. The monoisotopic (exact) mass is 989 g/mol. The summed E-state index contributed by atoms with van der Waals surface area (Å²) in [4.78, 5) is 38.2. The van der Waals surface area contributed by atoms with Gasteiger partial charge in [-0.15, -0.1) is 0 Å². The van der Waals surface area contributed by atoms with Crippen LogP contribution in [0.5, 0.6) is 0 Å². The van der Waals surface area contributed by atoms with Crippen LogP contribution in [0, 0.1) is 0 Å². The van der Waals surface area contributed by atoms with E-state index in [4.69, 9.17) is 14.2 Å². The van der Waals surface area contributed by atoms with Crippen molar-refractivity contribution in [1.29, 1.82) is 0 Å². The summed E-state index contributed by atoms with van der Waals surface area (Å²) in [5, 5.41) is 0. The van der Waals surface area contributed by atoms with E-state index in [9.17, 15) is 14.4 Å². The van der Waals surface area contributed by atoms with E-state index in [1.807, 2.05) is 6.08 Å². The molecule has 0 saturated heterocycles. The van der Waals surface area contributed by atoms with Crippen molar-refractivity contribution in [2.45, 2.75) is 297 Å². The second kappa shape index (κ2) is 59.2. The number of carbonyl (C=O) groups excluding carboxylic acids is 3. The molecular weight excluding hydrogens is 877 g/mol. The fraction of sp³-hybridized carbons (Fsp3) is 0.738. The summed E-state index contributed by atoms with van der Waals surface area (Å²) in [6.45, 7) is 6.48. The molecule has 0 radical (unpaired) electrons. The first-order valence-corrected chi connectivity index (χ1v) is 30.1. The number of hydrogen-bond acceptors (Lipinski definition) is 6. The van der Waals surface area contributed by atoms with Gasteiger partial charge in [0.15, 0.2) is 6.10 Å². The van der Waals surface area contributed by atoms with Gasteiger partial charge in [0.25, 0.3) is 0 Å². The minimum Gasteiger partial charge on any atom is -0.462 e. The molecule has 0 unspecified atom stereocenters. The van der Waals surface area contributed by atoms with Crippen molar-refractivity contribution in [3.8, 4) is 0 Å². The van der Waals surface area contributed by atoms with Gasteiger partial charge >= 0.3 is 17.9 Å². The van der Waals surface area contributed by atoms with Crippen LogP contribution in [0.1, 0.15) is 290 Å². The van der Waals surface area contributed by atoms with E-state index in [0.29, 0.717) is 19.3 Å². The highest BCUT2D eigenvalue weighted by Crippen LogP contribution is 2.16. The molecule has 0 aliphatic heterocycles. The predicted molar refractivity (Wildman–Crippen MR) is 307 cm³/mol. The number of unbranched alkanes of at least 4 members (excludes halogenated alkanes) is 29. The van der Waals surface area contributed by atoms with Crippen LogP contribution in [0.15, 0.2) is 85.1 Å². The molecule has 0 aromatic carbocycles. The molecule has 0 amide bonds. The van der Waals surface area contributed by atoms with Gasteiger partial charge in [-0.25, -0.2) is 0 Å². The Bertz CT molecular complexity index is 1370. The molecule has 0 aliphatic carbocycles. The van der Waals surface area contributed by atoms with Crippen molar-refractivity contribution in [2.24, 2.45) is 0 Å². The van der Waals surface area contributed by atoms with E-state index in [1.165, 1.54) is 167 Å². The lowest BCUT2D eigenvalue weighted by molar-refractivity contribution is -0.166. The van der Waals surface area contributed by atoms with Crippen molar-refractivity contribution in [1.82, 2.24) is 0 Å². The summed E-state index contributed by atoms with van der Waals surface area (Å²) in [7, 11) is 0. The standard InChI is InChI=1S/C65H112O6/c1-4-7-10-13-16-19-22-25-28-31-32-35-37-40-43-46-49-52-55-58-64(67)70-61-62(71-65(68)59-56-53-50-47-44-41-38-34-30-27-24-21-18-15-12-9-6-3)60-69-63(66)57-54-51-48-45-42-39-36-33-29-26-23-20-17-14-11-8-5-2/h7,10,16,19,25-26,28-29,32,35,40,43,49,52,62H,4-6,8-9,11-15,17-18,20-24,27,30-31,33-34,36-39,41-42,44-48,50-51,53-61H2,1-3H3/b10-7-,19-16-,28-25-,29-26-,35-32-,43-40-,52-49-/t62-/m0/s1. The average Bonchev–Trinajstić information content (AvgIpc) is 3.37. The molecule has 0 heterocycles. The van der Waals surface area contributed by atoms with Crippen LogP contribution in [0.2, 0.25) is 0 Å². The van der Waals surface area contributed by atoms with Gasteiger partial charge < -0.3 is 14.2 Å². The van der Waals surface area contributed by atoms with Crippen LogP contribution in [0.25, 0.3) is 0 Å². The van der Waals surface area contributed by atoms with E-state index in [0.717, 1.165) is 77.0 Å². The van der Waals surface area contributed by atoms with E-state index in [2.05, 4.69) is 99.8 Å². The van der Waals surface area contributed by atoms with Gasteiger partial charge in [-0.05, 0) is 83.5 Å². The first-order chi connectivity index (χ1) is 35.0. The number of esters is 3. The fourth-order valence-corrected chi connectivity index (χ4v) is 8.41. The third kappa shape index (κ3) is 57.4. The number of hydrogen-bond donors (Lipinski definition) is 0. The zero-order chi connectivity index (χ0) is 51.4. The largest absolute Gasteiger partial charge is 0.462 e. The Morgan fingerprint density at radius 2 is 0.577 bits per heavy atom. The lowest BCUT2D eigenvalue weighted by Crippen LogP contribution is -2.30. The molecule has 0 saturated carbocycles. The summed E-state index contributed by atoms with van der Waals surface area (Å²) >= 11 is 0. The van der Waals surface area contributed by atoms with Gasteiger partial charge in [0, 0.05) is 19.3 Å². The maximum absolute atomic E-state index is 12.9. The summed E-state index contributed by atoms with van der Waals surface area (Å²) in [6.07, 6.45) is 77.3. The normalized spacial score (nSPS) is 12.7. The van der Waals surface area contributed by atoms with E-state index in [1.54, 1.807) is 0 Å². The highest BCUT2D eigenvalue weighted by Gasteiger charge is 2.19. The molecule has 0 rings (SSSR count). The molecule has 0 aromatic heterocycles. The minimum absolute atomic E-state index is 0.0997. The van der Waals surface area contributed by atoms with Crippen LogP contribution < -0.4 is 0 Å². The minimum atomic E-state index is -0.808. The molecule has 0 fully saturated rings. The summed E-state index contributed by atoms with van der Waals surface area (Å²) in [5.74, 6) is -0.980. The van der Waals surface area contributed by atoms with Crippen LogP contribution in [0.3, 0.4) is 0 Å². The van der Waals surface area contributed by atoms with Gasteiger partial charge in [-0.3, -0.25) is 14.4 Å². The van der Waals surface area contributed by atoms with Gasteiger partial charge in [0.1, 0.15) is 13.2 Å². The second-order valence-electron chi connectivity index (χ2n) is 19.9. The number of rotatable bonds is 54. The van der Waals surface area contributed by atoms with Gasteiger partial charge in [-0.2, -0.15) is 0 Å². The quantitative estimate of drug-likeness (QED) is 0.0261. The van der Waals surface area contributed by atoms with E-state index >= 15 is 0 Å². The number of allylic oxidation sites excluding steroid dienone is 14. The highest BCUT2D eigenvalue weighted by molar-refractivity contribution is 5.71. The van der Waals surface area contributed by atoms with Crippen molar-refractivity contribution in [3.63, 3.8) is 0 Å². The van der Waals surface area contributed by atoms with Crippen LogP contribution in [-0.4, -0.2) is 37.2 Å². The Morgan fingerprint density at radius 3 is 0.944 bits per heavy atom. The lowest BCUT2D eigenvalue weighted by Gasteiger charge is -2.18. The Balaban J connectivity index is 4.48. The fourth-order valence-electron chi connectivity index (χ4n) is 8.41. The van der Waals surface area contributed by atoms with Crippen LogP contribution in [-0.2, 0) is 28.6 Å². The molecule has 6 heteroatoms. The first kappa shape index (κ1) is 67.6. The molecule has 0 spiro atoms. The zero-order valence-electron chi connectivity index (χ0n) is 46.7. The third-order valence-corrected chi connectivity index (χ3v) is 12.9. The SMILES string of the molecule is CC/C=C\C/C=C\C/C=C\C/C=C\C/C=C\C/C=C\CCC(=O)OC[C@H](COC(=O)CCCCCCCCC/C=C\CCCCCCCC)OC(=O)CCCCCCCCCCCCCCCCCCC. The Kier molecular flexibility index (Phi) is 56.3. The third-order valence-electron chi connectivity index (χ3n) is 12.9. The molecule has 0 aromatic rings. The van der Waals surface area contributed by atoms with Crippen LogP contribution >= 0.6 is 0 Å². The smallest absolute Gasteiger partial charge is 0.306 e. The van der Waals surface area contributed by atoms with E-state index < -0.39 is 6.10 Å². The molecule has 71 heavy (non-hydrogen) atoms. The van der Waals surface area contributed by atoms with Gasteiger partial charge in [-0.1, -0.05) is 273 Å². The molecule has 0 aliphatic rings. The molecular formula is C65H112O6. The highest BCUT2D eigenvalue weighted by atomic mass is 16.6. The summed E-state index contributed by atoms with van der Waals surface area (Å²) in [5.41, 5.74) is 0. The summed E-state index contributed by atoms with van der Waals surface area (Å²) < 4.78 is 16.8. The average molecular weight is 990 g/mol. The maximum atomic E-state index is 12.9. The van der Waals surface area contributed by atoms with Gasteiger partial charge in [0.05, 0.1) is 0 Å². The second-order valence-corrected chi connectivity index (χ2v) is 19.9. The summed E-state index contributed by atoms with van der Waals surface area (Å²) in [6, 6.07) is 0. The molecule has 6 nitrogen and oxygen atoms in total. The molecule has 1 atom stereocenters. The lowest BCUT2D eigenvalue weighted by atomic mass is 10.0. The predicted octanol–water partition coefficient (Wildman–Crippen LogP) is 20.3. The topological polar surface area (TPSA) is 78.9 Å². The Morgan fingerprint density at radius 1 is 0.296 bits per heavy atom. The molecule has 0 N–H and O–H groups in total. The van der Waals surface area contributed by atoms with E-state index in [-0.39, 0.29) is 37.5 Å². The number of ether oxygens (including phenoxy) is 3. The van der Waals surface area contributed by atoms with Gasteiger partial charge in [0.2, 0.25) is 0 Å². The van der Waals surface area contributed by atoms with Crippen molar-refractivity contribution >= 4 is 17.9 Å². The van der Waals surface area contributed by atoms with Crippen molar-refractivity contribution in [3.05, 3.63) is 85.1 Å². The Labute approximate surface area is 439 Å². The molecule has 408 valence electrons. The van der Waals surface area contributed by atoms with Crippen molar-refractivity contribution in [2.75, 3.05) is 13.2 Å². The van der Waals surface area contributed by atoms with Crippen LogP contribution in [0.4, 0.5) is 0 Å². The maximum Gasteiger partial charge on any atom is 0.306 e. The Hall–Kier alpha value is -3.41. The zero-order valence-corrected chi connectivity index (χ0v) is 46.7.